The minimum Gasteiger partial charge on any atom is -0.312 e. The van der Waals surface area contributed by atoms with E-state index in [-0.39, 0.29) is 0 Å². The summed E-state index contributed by atoms with van der Waals surface area (Å²) in [5.74, 6) is 0. The molecule has 0 radical (unpaired) electrons. The molecule has 3 atom stereocenters. The maximum atomic E-state index is 3.51. The SMILES string of the molecule is CCCC(C)N(C)C1Cc2ccccc2C1NC. The number of nitrogens with zero attached hydrogens (tertiary/aromatic N) is 1. The largest absolute Gasteiger partial charge is 0.312 e. The average molecular weight is 246 g/mol. The molecule has 0 aliphatic heterocycles. The Bertz CT molecular complexity index is 388. The van der Waals surface area contributed by atoms with Crippen LogP contribution in [0.4, 0.5) is 0 Å². The third kappa shape index (κ3) is 2.45. The molecule has 1 aromatic carbocycles. The van der Waals surface area contributed by atoms with Gasteiger partial charge in [0.1, 0.15) is 0 Å². The summed E-state index contributed by atoms with van der Waals surface area (Å²) in [7, 11) is 4.36. The van der Waals surface area contributed by atoms with Gasteiger partial charge >= 0.3 is 0 Å². The van der Waals surface area contributed by atoms with Gasteiger partial charge in [-0.05, 0) is 45.0 Å². The van der Waals surface area contributed by atoms with Crippen molar-refractivity contribution >= 4 is 0 Å². The van der Waals surface area contributed by atoms with Crippen molar-refractivity contribution in [2.75, 3.05) is 14.1 Å². The predicted octanol–water partition coefficient (Wildman–Crippen LogP) is 2.99. The van der Waals surface area contributed by atoms with Crippen LogP contribution in [0.5, 0.6) is 0 Å². The molecule has 2 heteroatoms. The summed E-state index contributed by atoms with van der Waals surface area (Å²) in [6.45, 7) is 4.61. The van der Waals surface area contributed by atoms with Gasteiger partial charge in [-0.25, -0.2) is 0 Å². The lowest BCUT2D eigenvalue weighted by Crippen LogP contribution is -2.44. The van der Waals surface area contributed by atoms with Gasteiger partial charge in [-0.3, -0.25) is 4.90 Å². The van der Waals surface area contributed by atoms with E-state index in [1.54, 1.807) is 0 Å². The summed E-state index contributed by atoms with van der Waals surface area (Å²) >= 11 is 0. The maximum absolute atomic E-state index is 3.51. The molecule has 3 unspecified atom stereocenters. The first-order valence-electron chi connectivity index (χ1n) is 7.16. The van der Waals surface area contributed by atoms with Gasteiger partial charge in [0.15, 0.2) is 0 Å². The molecule has 18 heavy (non-hydrogen) atoms. The molecule has 1 aliphatic carbocycles. The van der Waals surface area contributed by atoms with Crippen molar-refractivity contribution in [1.82, 2.24) is 10.2 Å². The molecule has 1 aliphatic rings. The van der Waals surface area contributed by atoms with E-state index in [0.29, 0.717) is 18.1 Å². The molecule has 0 aromatic heterocycles. The molecule has 100 valence electrons. The van der Waals surface area contributed by atoms with Gasteiger partial charge in [-0.1, -0.05) is 37.6 Å². The number of fused-ring (bicyclic) bond motifs is 1. The Morgan fingerprint density at radius 1 is 1.39 bits per heavy atom. The van der Waals surface area contributed by atoms with Crippen molar-refractivity contribution in [3.8, 4) is 0 Å². The van der Waals surface area contributed by atoms with Gasteiger partial charge in [0, 0.05) is 18.1 Å². The zero-order chi connectivity index (χ0) is 13.1. The minimum atomic E-state index is 0.477. The summed E-state index contributed by atoms with van der Waals surface area (Å²) in [5.41, 5.74) is 3.00. The first-order chi connectivity index (χ1) is 8.69. The van der Waals surface area contributed by atoms with Crippen LogP contribution in [0.1, 0.15) is 43.9 Å². The first kappa shape index (κ1) is 13.6. The molecular formula is C16H26N2. The third-order valence-corrected chi connectivity index (χ3v) is 4.44. The van der Waals surface area contributed by atoms with E-state index in [0.717, 1.165) is 0 Å². The van der Waals surface area contributed by atoms with E-state index in [9.17, 15) is 0 Å². The molecule has 0 fully saturated rings. The van der Waals surface area contributed by atoms with E-state index in [4.69, 9.17) is 0 Å². The summed E-state index contributed by atoms with van der Waals surface area (Å²) in [6, 6.07) is 10.6. The lowest BCUT2D eigenvalue weighted by molar-refractivity contribution is 0.151. The van der Waals surface area contributed by atoms with Crippen molar-refractivity contribution in [3.63, 3.8) is 0 Å². The van der Waals surface area contributed by atoms with E-state index in [1.807, 2.05) is 0 Å². The zero-order valence-electron chi connectivity index (χ0n) is 12.1. The number of hydrogen-bond acceptors (Lipinski definition) is 2. The Balaban J connectivity index is 2.16. The van der Waals surface area contributed by atoms with Crippen LogP contribution in [-0.4, -0.2) is 31.1 Å². The number of likely N-dealkylation sites (N-methyl/N-ethyl adjacent to an activating group) is 2. The lowest BCUT2D eigenvalue weighted by Gasteiger charge is -2.34. The molecule has 0 saturated heterocycles. The molecule has 0 amide bonds. The van der Waals surface area contributed by atoms with Crippen LogP contribution < -0.4 is 5.32 Å². The van der Waals surface area contributed by atoms with Crippen LogP contribution in [0.15, 0.2) is 24.3 Å². The quantitative estimate of drug-likeness (QED) is 0.859. The van der Waals surface area contributed by atoms with Gasteiger partial charge < -0.3 is 5.32 Å². The van der Waals surface area contributed by atoms with Gasteiger partial charge in [-0.15, -0.1) is 0 Å². The highest BCUT2D eigenvalue weighted by Crippen LogP contribution is 2.34. The summed E-state index contributed by atoms with van der Waals surface area (Å²) in [4.78, 5) is 2.56. The molecular weight excluding hydrogens is 220 g/mol. The standard InChI is InChI=1S/C16H26N2/c1-5-8-12(2)18(4)15-11-13-9-6-7-10-14(13)16(15)17-3/h6-7,9-10,12,15-17H,5,8,11H2,1-4H3. The zero-order valence-corrected chi connectivity index (χ0v) is 12.1. The molecule has 0 spiro atoms. The fourth-order valence-electron chi connectivity index (χ4n) is 3.25. The Morgan fingerprint density at radius 2 is 2.11 bits per heavy atom. The summed E-state index contributed by atoms with van der Waals surface area (Å²) < 4.78 is 0. The first-order valence-corrected chi connectivity index (χ1v) is 7.16. The smallest absolute Gasteiger partial charge is 0.0481 e. The van der Waals surface area contributed by atoms with Crippen molar-refractivity contribution in [3.05, 3.63) is 35.4 Å². The molecule has 2 rings (SSSR count). The second-order valence-corrected chi connectivity index (χ2v) is 5.54. The summed E-state index contributed by atoms with van der Waals surface area (Å²) in [5, 5.41) is 3.51. The van der Waals surface area contributed by atoms with Crippen LogP contribution in [0, 0.1) is 0 Å². The van der Waals surface area contributed by atoms with Crippen LogP contribution in [0.2, 0.25) is 0 Å². The summed E-state index contributed by atoms with van der Waals surface area (Å²) in [6.07, 6.45) is 3.71. The second-order valence-electron chi connectivity index (χ2n) is 5.54. The van der Waals surface area contributed by atoms with Gasteiger partial charge in [0.25, 0.3) is 0 Å². The minimum absolute atomic E-state index is 0.477. The molecule has 2 nitrogen and oxygen atoms in total. The number of nitrogens with one attached hydrogen (secondary N) is 1. The fraction of sp³-hybridized carbons (Fsp3) is 0.625. The van der Waals surface area contributed by atoms with E-state index in [1.165, 1.54) is 30.4 Å². The number of rotatable bonds is 5. The molecule has 0 saturated carbocycles. The van der Waals surface area contributed by atoms with E-state index in [2.05, 4.69) is 62.4 Å². The Hall–Kier alpha value is -0.860. The van der Waals surface area contributed by atoms with Crippen LogP contribution in [0.25, 0.3) is 0 Å². The van der Waals surface area contributed by atoms with Gasteiger partial charge in [0.2, 0.25) is 0 Å². The molecule has 1 aromatic rings. The Morgan fingerprint density at radius 3 is 2.78 bits per heavy atom. The normalized spacial score (nSPS) is 24.3. The van der Waals surface area contributed by atoms with Crippen LogP contribution in [-0.2, 0) is 6.42 Å². The number of hydrogen-bond donors (Lipinski definition) is 1. The van der Waals surface area contributed by atoms with Crippen LogP contribution in [0.3, 0.4) is 0 Å². The maximum Gasteiger partial charge on any atom is 0.0481 e. The highest BCUT2D eigenvalue weighted by molar-refractivity contribution is 5.37. The Labute approximate surface area is 111 Å². The van der Waals surface area contributed by atoms with Crippen molar-refractivity contribution in [2.24, 2.45) is 0 Å². The van der Waals surface area contributed by atoms with Crippen molar-refractivity contribution < 1.29 is 0 Å². The van der Waals surface area contributed by atoms with Crippen LogP contribution >= 0.6 is 0 Å². The highest BCUT2D eigenvalue weighted by atomic mass is 15.2. The predicted molar refractivity (Wildman–Crippen MR) is 77.9 cm³/mol. The van der Waals surface area contributed by atoms with Crippen molar-refractivity contribution in [2.45, 2.75) is 51.2 Å². The average Bonchev–Trinajstić information content (AvgIpc) is 2.76. The second kappa shape index (κ2) is 5.85. The monoisotopic (exact) mass is 246 g/mol. The van der Waals surface area contributed by atoms with E-state index < -0.39 is 0 Å². The molecule has 0 bridgehead atoms. The van der Waals surface area contributed by atoms with Gasteiger partial charge in [-0.2, -0.15) is 0 Å². The van der Waals surface area contributed by atoms with E-state index >= 15 is 0 Å². The van der Waals surface area contributed by atoms with Crippen molar-refractivity contribution in [1.29, 1.82) is 0 Å². The fourth-order valence-corrected chi connectivity index (χ4v) is 3.25. The lowest BCUT2D eigenvalue weighted by atomic mass is 10.0. The number of benzene rings is 1. The molecule has 1 N–H and O–H groups in total. The Kier molecular flexibility index (Phi) is 4.41. The van der Waals surface area contributed by atoms with Gasteiger partial charge in [0.05, 0.1) is 0 Å². The highest BCUT2D eigenvalue weighted by Gasteiger charge is 2.34. The third-order valence-electron chi connectivity index (χ3n) is 4.44. The molecule has 0 heterocycles. The topological polar surface area (TPSA) is 15.3 Å².